The normalized spacial score (nSPS) is 18.1. The second kappa shape index (κ2) is 6.44. The van der Waals surface area contributed by atoms with Crippen molar-refractivity contribution in [3.8, 4) is 5.75 Å². The van der Waals surface area contributed by atoms with Crippen LogP contribution in [0.5, 0.6) is 5.75 Å². The summed E-state index contributed by atoms with van der Waals surface area (Å²) >= 11 is 6.14. The van der Waals surface area contributed by atoms with Gasteiger partial charge >= 0.3 is 0 Å². The van der Waals surface area contributed by atoms with Crippen molar-refractivity contribution >= 4 is 11.6 Å². The van der Waals surface area contributed by atoms with Crippen LogP contribution >= 0.6 is 11.6 Å². The van der Waals surface area contributed by atoms with Crippen LogP contribution < -0.4 is 0 Å². The number of nitrogens with zero attached hydrogens (tertiary/aromatic N) is 1. The molecule has 1 aromatic rings. The molecule has 0 bridgehead atoms. The van der Waals surface area contributed by atoms with E-state index in [1.807, 2.05) is 6.07 Å². The number of rotatable bonds is 4. The molecular weight excluding hydrogens is 246 g/mol. The minimum absolute atomic E-state index is 0.318. The van der Waals surface area contributed by atoms with Gasteiger partial charge in [0.2, 0.25) is 0 Å². The zero-order valence-corrected chi connectivity index (χ0v) is 11.8. The highest BCUT2D eigenvalue weighted by atomic mass is 35.5. The molecule has 2 nitrogen and oxygen atoms in total. The molecule has 0 unspecified atom stereocenters. The molecule has 0 atom stereocenters. The maximum atomic E-state index is 9.85. The van der Waals surface area contributed by atoms with Gasteiger partial charge in [0.05, 0.1) is 0 Å². The summed E-state index contributed by atoms with van der Waals surface area (Å²) in [5.41, 5.74) is 0.869. The molecule has 1 aromatic carbocycles. The Bertz CT molecular complexity index is 366. The van der Waals surface area contributed by atoms with Gasteiger partial charge in [-0.05, 0) is 44.0 Å². The van der Waals surface area contributed by atoms with E-state index in [4.69, 9.17) is 11.6 Å². The fraction of sp³-hybridized carbons (Fsp3) is 0.600. The summed E-state index contributed by atoms with van der Waals surface area (Å²) in [4.78, 5) is 2.40. The lowest BCUT2D eigenvalue weighted by atomic mass is 9.92. The first-order valence-corrected chi connectivity index (χ1v) is 7.27. The van der Waals surface area contributed by atoms with Crippen molar-refractivity contribution in [2.45, 2.75) is 39.2 Å². The van der Waals surface area contributed by atoms with E-state index in [9.17, 15) is 5.11 Å². The molecule has 1 aliphatic rings. The molecule has 3 heteroatoms. The molecule has 0 saturated carbocycles. The van der Waals surface area contributed by atoms with E-state index in [0.29, 0.717) is 10.8 Å². The van der Waals surface area contributed by atoms with Crippen molar-refractivity contribution < 1.29 is 5.11 Å². The van der Waals surface area contributed by atoms with Gasteiger partial charge in [0, 0.05) is 17.1 Å². The summed E-state index contributed by atoms with van der Waals surface area (Å²) in [6.07, 6.45) is 5.19. The first-order chi connectivity index (χ1) is 8.70. The third kappa shape index (κ3) is 3.39. The lowest BCUT2D eigenvalue weighted by molar-refractivity contribution is 0.170. The monoisotopic (exact) mass is 267 g/mol. The quantitative estimate of drug-likeness (QED) is 0.889. The summed E-state index contributed by atoms with van der Waals surface area (Å²) < 4.78 is 0. The lowest BCUT2D eigenvalue weighted by Gasteiger charge is -2.32. The average Bonchev–Trinajstić information content (AvgIpc) is 2.36. The largest absolute Gasteiger partial charge is 0.508 e. The van der Waals surface area contributed by atoms with Crippen LogP contribution in [0, 0.1) is 5.92 Å². The molecule has 18 heavy (non-hydrogen) atoms. The minimum atomic E-state index is 0.318. The van der Waals surface area contributed by atoms with E-state index >= 15 is 0 Å². The number of benzene rings is 1. The molecule has 1 heterocycles. The second-order valence-electron chi connectivity index (χ2n) is 5.25. The molecule has 0 aromatic heterocycles. The van der Waals surface area contributed by atoms with Gasteiger partial charge in [0.1, 0.15) is 5.75 Å². The summed E-state index contributed by atoms with van der Waals surface area (Å²) in [7, 11) is 0. The van der Waals surface area contributed by atoms with Crippen LogP contribution in [0.2, 0.25) is 5.02 Å². The Morgan fingerprint density at radius 2 is 2.06 bits per heavy atom. The average molecular weight is 268 g/mol. The van der Waals surface area contributed by atoms with E-state index in [0.717, 1.165) is 31.1 Å². The molecule has 0 aliphatic carbocycles. The molecule has 0 spiro atoms. The maximum absolute atomic E-state index is 9.85. The van der Waals surface area contributed by atoms with Crippen LogP contribution in [-0.4, -0.2) is 23.1 Å². The Balaban J connectivity index is 1.92. The minimum Gasteiger partial charge on any atom is -0.508 e. The van der Waals surface area contributed by atoms with E-state index < -0.39 is 0 Å². The van der Waals surface area contributed by atoms with Gasteiger partial charge in [0.25, 0.3) is 0 Å². The smallest absolute Gasteiger partial charge is 0.121 e. The number of likely N-dealkylation sites (tertiary alicyclic amines) is 1. The van der Waals surface area contributed by atoms with E-state index in [1.165, 1.54) is 25.7 Å². The van der Waals surface area contributed by atoms with Crippen molar-refractivity contribution in [1.29, 1.82) is 0 Å². The van der Waals surface area contributed by atoms with Gasteiger partial charge in [-0.15, -0.1) is 0 Å². The Labute approximate surface area is 115 Å². The number of piperidine rings is 1. The van der Waals surface area contributed by atoms with Crippen molar-refractivity contribution in [3.05, 3.63) is 28.8 Å². The molecule has 2 rings (SSSR count). The predicted molar refractivity (Wildman–Crippen MR) is 76.0 cm³/mol. The number of hydrogen-bond acceptors (Lipinski definition) is 2. The maximum Gasteiger partial charge on any atom is 0.121 e. The number of phenolic OH excluding ortho intramolecular Hbond substituents is 1. The summed E-state index contributed by atoms with van der Waals surface area (Å²) in [6, 6.07) is 5.35. The van der Waals surface area contributed by atoms with Crippen LogP contribution in [0.4, 0.5) is 0 Å². The standard InChI is InChI=1S/C15H22ClNO/c1-2-4-12-7-9-17(10-8-12)11-13-14(16)5-3-6-15(13)18/h3,5-6,12,18H,2,4,7-11H2,1H3. The molecule has 1 saturated heterocycles. The lowest BCUT2D eigenvalue weighted by Crippen LogP contribution is -2.33. The van der Waals surface area contributed by atoms with Gasteiger partial charge in [-0.25, -0.2) is 0 Å². The number of aromatic hydroxyl groups is 1. The van der Waals surface area contributed by atoms with Crippen molar-refractivity contribution in [2.75, 3.05) is 13.1 Å². The highest BCUT2D eigenvalue weighted by Crippen LogP contribution is 2.29. The van der Waals surface area contributed by atoms with Crippen LogP contribution in [0.3, 0.4) is 0 Å². The summed E-state index contributed by atoms with van der Waals surface area (Å²) in [5, 5.41) is 10.5. The van der Waals surface area contributed by atoms with Crippen LogP contribution in [0.1, 0.15) is 38.2 Å². The number of phenols is 1. The molecule has 0 radical (unpaired) electrons. The fourth-order valence-electron chi connectivity index (χ4n) is 2.77. The van der Waals surface area contributed by atoms with Gasteiger partial charge < -0.3 is 5.11 Å². The van der Waals surface area contributed by atoms with Crippen LogP contribution in [-0.2, 0) is 6.54 Å². The molecule has 0 amide bonds. The summed E-state index contributed by atoms with van der Waals surface area (Å²) in [6.45, 7) is 5.27. The highest BCUT2D eigenvalue weighted by molar-refractivity contribution is 6.31. The fourth-order valence-corrected chi connectivity index (χ4v) is 3.00. The Morgan fingerprint density at radius 3 is 2.67 bits per heavy atom. The zero-order chi connectivity index (χ0) is 13.0. The zero-order valence-electron chi connectivity index (χ0n) is 11.0. The van der Waals surface area contributed by atoms with E-state index in [2.05, 4.69) is 11.8 Å². The first-order valence-electron chi connectivity index (χ1n) is 6.89. The predicted octanol–water partition coefficient (Wildman–Crippen LogP) is 4.06. The third-order valence-electron chi connectivity index (χ3n) is 3.88. The first kappa shape index (κ1) is 13.7. The molecule has 1 fully saturated rings. The number of hydrogen-bond donors (Lipinski definition) is 1. The number of halogens is 1. The Kier molecular flexibility index (Phi) is 4.90. The van der Waals surface area contributed by atoms with Crippen molar-refractivity contribution in [3.63, 3.8) is 0 Å². The van der Waals surface area contributed by atoms with Gasteiger partial charge in [-0.3, -0.25) is 4.90 Å². The second-order valence-corrected chi connectivity index (χ2v) is 5.65. The van der Waals surface area contributed by atoms with E-state index in [-0.39, 0.29) is 0 Å². The molecule has 1 N–H and O–H groups in total. The van der Waals surface area contributed by atoms with Gasteiger partial charge in [-0.1, -0.05) is 37.4 Å². The molecular formula is C15H22ClNO. The van der Waals surface area contributed by atoms with Gasteiger partial charge in [-0.2, -0.15) is 0 Å². The molecule has 1 aliphatic heterocycles. The Morgan fingerprint density at radius 1 is 1.33 bits per heavy atom. The van der Waals surface area contributed by atoms with Crippen molar-refractivity contribution in [2.24, 2.45) is 5.92 Å². The summed E-state index contributed by atoms with van der Waals surface area (Å²) in [5.74, 6) is 1.21. The highest BCUT2D eigenvalue weighted by Gasteiger charge is 2.20. The van der Waals surface area contributed by atoms with Crippen molar-refractivity contribution in [1.82, 2.24) is 4.90 Å². The Hall–Kier alpha value is -0.730. The van der Waals surface area contributed by atoms with Crippen LogP contribution in [0.15, 0.2) is 18.2 Å². The SMILES string of the molecule is CCCC1CCN(Cc2c(O)cccc2Cl)CC1. The third-order valence-corrected chi connectivity index (χ3v) is 4.23. The van der Waals surface area contributed by atoms with E-state index in [1.54, 1.807) is 12.1 Å². The van der Waals surface area contributed by atoms with Crippen LogP contribution in [0.25, 0.3) is 0 Å². The topological polar surface area (TPSA) is 23.5 Å². The van der Waals surface area contributed by atoms with Gasteiger partial charge in [0.15, 0.2) is 0 Å². The molecule has 100 valence electrons.